The summed E-state index contributed by atoms with van der Waals surface area (Å²) in [6, 6.07) is 2.19. The first-order valence-electron chi connectivity index (χ1n) is 6.56. The fourth-order valence-electron chi connectivity index (χ4n) is 2.92. The lowest BCUT2D eigenvalue weighted by Crippen LogP contribution is -2.31. The minimum Gasteiger partial charge on any atom is -0.357 e. The molecule has 1 aromatic rings. The molecule has 2 heteroatoms. The highest BCUT2D eigenvalue weighted by atomic mass is 14.9. The second kappa shape index (κ2) is 5.05. The lowest BCUT2D eigenvalue weighted by atomic mass is 9.83. The van der Waals surface area contributed by atoms with E-state index in [9.17, 15) is 0 Å². The Morgan fingerprint density at radius 3 is 2.69 bits per heavy atom. The molecule has 1 saturated carbocycles. The molecule has 16 heavy (non-hydrogen) atoms. The van der Waals surface area contributed by atoms with Crippen molar-refractivity contribution >= 4 is 0 Å². The molecule has 1 aliphatic rings. The van der Waals surface area contributed by atoms with Crippen LogP contribution in [-0.4, -0.2) is 11.1 Å². The molecule has 0 unspecified atom stereocenters. The normalized spacial score (nSPS) is 19.1. The third-order valence-corrected chi connectivity index (χ3v) is 4.14. The fourth-order valence-corrected chi connectivity index (χ4v) is 2.92. The highest BCUT2D eigenvalue weighted by molar-refractivity contribution is 5.09. The summed E-state index contributed by atoms with van der Waals surface area (Å²) in [5.74, 6) is 0. The van der Waals surface area contributed by atoms with Crippen LogP contribution in [-0.2, 0) is 13.6 Å². The lowest BCUT2D eigenvalue weighted by molar-refractivity contribution is 0.268. The monoisotopic (exact) mass is 220 g/mol. The molecule has 1 aromatic heterocycles. The highest BCUT2D eigenvalue weighted by Gasteiger charge is 2.31. The van der Waals surface area contributed by atoms with Crippen molar-refractivity contribution in [2.24, 2.45) is 12.5 Å². The maximum atomic E-state index is 3.64. The third-order valence-electron chi connectivity index (χ3n) is 4.14. The number of aryl methyl sites for hydroxylation is 1. The predicted octanol–water partition coefficient (Wildman–Crippen LogP) is 3.09. The summed E-state index contributed by atoms with van der Waals surface area (Å²) in [5, 5.41) is 3.64. The van der Waals surface area contributed by atoms with Crippen molar-refractivity contribution < 1.29 is 0 Å². The lowest BCUT2D eigenvalue weighted by Gasteiger charge is -2.27. The van der Waals surface area contributed by atoms with Gasteiger partial charge in [-0.3, -0.25) is 0 Å². The first-order chi connectivity index (χ1) is 7.74. The van der Waals surface area contributed by atoms with Crippen LogP contribution in [0.2, 0.25) is 0 Å². The summed E-state index contributed by atoms with van der Waals surface area (Å²) < 4.78 is 2.11. The van der Waals surface area contributed by atoms with Gasteiger partial charge in [0.05, 0.1) is 0 Å². The van der Waals surface area contributed by atoms with E-state index < -0.39 is 0 Å². The van der Waals surface area contributed by atoms with E-state index in [4.69, 9.17) is 0 Å². The Morgan fingerprint density at radius 1 is 1.38 bits per heavy atom. The summed E-state index contributed by atoms with van der Waals surface area (Å²) in [6.07, 6.45) is 11.3. The van der Waals surface area contributed by atoms with E-state index in [1.807, 2.05) is 0 Å². The Hall–Kier alpha value is -0.760. The molecule has 1 N–H and O–H groups in total. The Kier molecular flexibility index (Phi) is 3.70. The fraction of sp³-hybridized carbons (Fsp3) is 0.714. The van der Waals surface area contributed by atoms with Gasteiger partial charge in [-0.25, -0.2) is 0 Å². The molecule has 1 fully saturated rings. The quantitative estimate of drug-likeness (QED) is 0.807. The molecule has 0 aliphatic heterocycles. The summed E-state index contributed by atoms with van der Waals surface area (Å²) >= 11 is 0. The van der Waals surface area contributed by atoms with Crippen LogP contribution in [0.15, 0.2) is 18.5 Å². The minimum absolute atomic E-state index is 0.606. The molecule has 0 amide bonds. The van der Waals surface area contributed by atoms with Crippen molar-refractivity contribution in [1.29, 1.82) is 0 Å². The standard InChI is InChI=1S/C14H24N2/c1-3-14(7-4-5-8-14)12-15-10-13-6-9-16(2)11-13/h6,9,11,15H,3-5,7-8,10,12H2,1-2H3. The molecule has 90 valence electrons. The smallest absolute Gasteiger partial charge is 0.0220 e. The van der Waals surface area contributed by atoms with Crippen LogP contribution in [0.3, 0.4) is 0 Å². The van der Waals surface area contributed by atoms with Gasteiger partial charge in [-0.15, -0.1) is 0 Å². The van der Waals surface area contributed by atoms with Crippen molar-refractivity contribution in [3.63, 3.8) is 0 Å². The zero-order chi connectivity index (χ0) is 11.4. The Bertz CT molecular complexity index is 321. The van der Waals surface area contributed by atoms with Gasteiger partial charge in [0.2, 0.25) is 0 Å². The summed E-state index contributed by atoms with van der Waals surface area (Å²) in [5.41, 5.74) is 2.00. The zero-order valence-electron chi connectivity index (χ0n) is 10.6. The third kappa shape index (κ3) is 2.67. The Balaban J connectivity index is 1.78. The highest BCUT2D eigenvalue weighted by Crippen LogP contribution is 2.40. The maximum absolute atomic E-state index is 3.64. The summed E-state index contributed by atoms with van der Waals surface area (Å²) in [7, 11) is 2.08. The number of hydrogen-bond acceptors (Lipinski definition) is 1. The van der Waals surface area contributed by atoms with Crippen LogP contribution in [0.4, 0.5) is 0 Å². The van der Waals surface area contributed by atoms with Gasteiger partial charge in [0.15, 0.2) is 0 Å². The summed E-state index contributed by atoms with van der Waals surface area (Å²) in [6.45, 7) is 4.55. The van der Waals surface area contributed by atoms with E-state index in [0.717, 1.165) is 6.54 Å². The van der Waals surface area contributed by atoms with Crippen molar-refractivity contribution in [3.05, 3.63) is 24.0 Å². The van der Waals surface area contributed by atoms with E-state index in [-0.39, 0.29) is 0 Å². The van der Waals surface area contributed by atoms with Gasteiger partial charge in [0, 0.05) is 32.5 Å². The van der Waals surface area contributed by atoms with Gasteiger partial charge in [-0.1, -0.05) is 19.8 Å². The van der Waals surface area contributed by atoms with Gasteiger partial charge >= 0.3 is 0 Å². The second-order valence-corrected chi connectivity index (χ2v) is 5.35. The second-order valence-electron chi connectivity index (χ2n) is 5.35. The molecule has 0 bridgehead atoms. The molecule has 1 aliphatic carbocycles. The Morgan fingerprint density at radius 2 is 2.12 bits per heavy atom. The molecule has 0 saturated heterocycles. The van der Waals surface area contributed by atoms with Crippen LogP contribution in [0.5, 0.6) is 0 Å². The SMILES string of the molecule is CCC1(CNCc2ccn(C)c2)CCCC1. The summed E-state index contributed by atoms with van der Waals surface area (Å²) in [4.78, 5) is 0. The van der Waals surface area contributed by atoms with Gasteiger partial charge < -0.3 is 9.88 Å². The van der Waals surface area contributed by atoms with Gasteiger partial charge in [-0.05, 0) is 36.3 Å². The first-order valence-corrected chi connectivity index (χ1v) is 6.56. The Labute approximate surface area is 99.0 Å². The van der Waals surface area contributed by atoms with Gasteiger partial charge in [-0.2, -0.15) is 0 Å². The average molecular weight is 220 g/mol. The van der Waals surface area contributed by atoms with Crippen molar-refractivity contribution in [2.75, 3.05) is 6.54 Å². The first kappa shape index (κ1) is 11.7. The topological polar surface area (TPSA) is 17.0 Å². The molecular formula is C14H24N2. The molecular weight excluding hydrogens is 196 g/mol. The van der Waals surface area contributed by atoms with Crippen molar-refractivity contribution in [3.8, 4) is 0 Å². The molecule has 0 spiro atoms. The largest absolute Gasteiger partial charge is 0.357 e. The number of aromatic nitrogens is 1. The van der Waals surface area contributed by atoms with Gasteiger partial charge in [0.1, 0.15) is 0 Å². The number of nitrogens with one attached hydrogen (secondary N) is 1. The zero-order valence-corrected chi connectivity index (χ0v) is 10.6. The van der Waals surface area contributed by atoms with Crippen LogP contribution >= 0.6 is 0 Å². The van der Waals surface area contributed by atoms with E-state index in [0.29, 0.717) is 5.41 Å². The van der Waals surface area contributed by atoms with E-state index in [1.165, 1.54) is 44.2 Å². The molecule has 2 nitrogen and oxygen atoms in total. The average Bonchev–Trinajstić information content (AvgIpc) is 2.89. The molecule has 0 atom stereocenters. The molecule has 1 heterocycles. The van der Waals surface area contributed by atoms with Crippen LogP contribution in [0, 0.1) is 5.41 Å². The number of nitrogens with zero attached hydrogens (tertiary/aromatic N) is 1. The van der Waals surface area contributed by atoms with E-state index in [1.54, 1.807) is 0 Å². The van der Waals surface area contributed by atoms with Gasteiger partial charge in [0.25, 0.3) is 0 Å². The van der Waals surface area contributed by atoms with Crippen LogP contribution < -0.4 is 5.32 Å². The van der Waals surface area contributed by atoms with E-state index in [2.05, 4.69) is 42.3 Å². The van der Waals surface area contributed by atoms with Crippen LogP contribution in [0.25, 0.3) is 0 Å². The minimum atomic E-state index is 0.606. The predicted molar refractivity (Wildman–Crippen MR) is 68.3 cm³/mol. The van der Waals surface area contributed by atoms with Crippen molar-refractivity contribution in [1.82, 2.24) is 9.88 Å². The molecule has 2 rings (SSSR count). The van der Waals surface area contributed by atoms with Crippen molar-refractivity contribution in [2.45, 2.75) is 45.6 Å². The number of rotatable bonds is 5. The molecule has 0 radical (unpaired) electrons. The van der Waals surface area contributed by atoms with E-state index >= 15 is 0 Å². The van der Waals surface area contributed by atoms with Crippen LogP contribution in [0.1, 0.15) is 44.6 Å². The number of hydrogen-bond donors (Lipinski definition) is 1. The molecule has 0 aromatic carbocycles. The maximum Gasteiger partial charge on any atom is 0.0220 e.